The number of nitrogens with one attached hydrogen (secondary N) is 2. The van der Waals surface area contributed by atoms with Crippen molar-refractivity contribution in [1.29, 1.82) is 0 Å². The van der Waals surface area contributed by atoms with E-state index in [-0.39, 0.29) is 48.5 Å². The molecule has 0 aromatic carbocycles. The quantitative estimate of drug-likeness (QED) is 0.144. The number of morpholine rings is 1. The predicted molar refractivity (Wildman–Crippen MR) is 203 cm³/mol. The maximum absolute atomic E-state index is 13.7. The smallest absolute Gasteiger partial charge is 0.341 e. The fraction of sp³-hybridized carbons (Fsp3) is 0.615. The third-order valence-corrected chi connectivity index (χ3v) is 12.4. The highest BCUT2D eigenvalue weighted by Crippen LogP contribution is 2.62. The van der Waals surface area contributed by atoms with Gasteiger partial charge in [-0.3, -0.25) is 19.9 Å². The summed E-state index contributed by atoms with van der Waals surface area (Å²) in [5.74, 6) is -0.286. The number of nitrogens with two attached hydrogens (primary N) is 1. The number of amides is 1. The molecule has 2 saturated carbocycles. The molecule has 1 saturated heterocycles. The molecule has 6 unspecified atom stereocenters. The number of ketones is 1. The van der Waals surface area contributed by atoms with Gasteiger partial charge in [0.1, 0.15) is 11.6 Å². The van der Waals surface area contributed by atoms with Gasteiger partial charge in [0.25, 0.3) is 0 Å². The number of fused-ring (bicyclic) bond motifs is 1. The number of aliphatic hydroxyl groups is 2. The Morgan fingerprint density at radius 3 is 2.57 bits per heavy atom. The lowest BCUT2D eigenvalue weighted by atomic mass is 9.45. The minimum Gasteiger partial charge on any atom is -0.423 e. The van der Waals surface area contributed by atoms with E-state index in [1.165, 1.54) is 12.4 Å². The number of aliphatic imine (C=N–C) groups is 2. The topological polar surface area (TPSA) is 214 Å². The molecule has 5 aliphatic rings. The summed E-state index contributed by atoms with van der Waals surface area (Å²) in [6.07, 6.45) is 9.39. The van der Waals surface area contributed by atoms with Gasteiger partial charge >= 0.3 is 5.97 Å². The molecule has 1 amide bonds. The van der Waals surface area contributed by atoms with Gasteiger partial charge in [0, 0.05) is 54.8 Å². The van der Waals surface area contributed by atoms with Crippen molar-refractivity contribution in [2.24, 2.45) is 32.7 Å². The SMILES string of the molecule is C=C1C(NC(C)C(=O)N2CCOCC2)CC2[C@](C)(CC[C@@H](O)[C@@]2(C)CO)C1CC(NC(C)C(=O)CC1=NCC=N1)C1=C/C(=C\c2cnc(N)nc2)OC1=O. The number of esters is 1. The first-order chi connectivity index (χ1) is 25.7. The van der Waals surface area contributed by atoms with Gasteiger partial charge in [-0.1, -0.05) is 26.0 Å². The number of amidine groups is 1. The van der Waals surface area contributed by atoms with E-state index < -0.39 is 41.0 Å². The van der Waals surface area contributed by atoms with Crippen molar-refractivity contribution in [3.8, 4) is 0 Å². The van der Waals surface area contributed by atoms with E-state index in [0.717, 1.165) is 5.57 Å². The lowest BCUT2D eigenvalue weighted by Gasteiger charge is -2.62. The lowest BCUT2D eigenvalue weighted by molar-refractivity contribution is -0.157. The number of anilines is 1. The third-order valence-electron chi connectivity index (χ3n) is 12.4. The number of carbonyl (C=O) groups excluding carboxylic acids is 3. The molecule has 0 radical (unpaired) electrons. The van der Waals surface area contributed by atoms with Crippen molar-refractivity contribution in [3.05, 3.63) is 47.5 Å². The van der Waals surface area contributed by atoms with Crippen molar-refractivity contribution in [3.63, 3.8) is 0 Å². The number of nitrogen functional groups attached to an aromatic ring is 1. The van der Waals surface area contributed by atoms with Gasteiger partial charge in [0.05, 0.1) is 56.5 Å². The van der Waals surface area contributed by atoms with E-state index in [1.54, 1.807) is 30.2 Å². The second kappa shape index (κ2) is 16.3. The molecule has 15 heteroatoms. The van der Waals surface area contributed by atoms with Gasteiger partial charge in [-0.25, -0.2) is 19.8 Å². The molecular formula is C39H54N8O7. The van der Waals surface area contributed by atoms with Gasteiger partial charge in [0.15, 0.2) is 5.78 Å². The van der Waals surface area contributed by atoms with Crippen molar-refractivity contribution in [2.75, 3.05) is 45.2 Å². The zero-order chi connectivity index (χ0) is 38.8. The Labute approximate surface area is 316 Å². The highest BCUT2D eigenvalue weighted by Gasteiger charge is 2.60. The van der Waals surface area contributed by atoms with Crippen molar-refractivity contribution < 1.29 is 34.1 Å². The molecule has 3 aliphatic heterocycles. The van der Waals surface area contributed by atoms with E-state index in [2.05, 4.69) is 44.1 Å². The maximum atomic E-state index is 13.7. The lowest BCUT2D eigenvalue weighted by Crippen LogP contribution is -2.63. The first kappa shape index (κ1) is 39.5. The van der Waals surface area contributed by atoms with E-state index >= 15 is 0 Å². The van der Waals surface area contributed by atoms with Gasteiger partial charge in [-0.2, -0.15) is 0 Å². The fourth-order valence-corrected chi connectivity index (χ4v) is 9.16. The van der Waals surface area contributed by atoms with Crippen LogP contribution in [0.1, 0.15) is 65.4 Å². The summed E-state index contributed by atoms with van der Waals surface area (Å²) in [5, 5.41) is 29.3. The summed E-state index contributed by atoms with van der Waals surface area (Å²) in [6, 6.07) is -2.23. The Hall–Kier alpha value is -4.15. The van der Waals surface area contributed by atoms with E-state index in [4.69, 9.17) is 15.2 Å². The van der Waals surface area contributed by atoms with Crippen LogP contribution in [0.3, 0.4) is 0 Å². The number of hydrogen-bond donors (Lipinski definition) is 5. The molecule has 292 valence electrons. The van der Waals surface area contributed by atoms with Crippen LogP contribution in [-0.4, -0.2) is 125 Å². The Kier molecular flexibility index (Phi) is 11.9. The molecule has 9 atom stereocenters. The van der Waals surface area contributed by atoms with Gasteiger partial charge < -0.3 is 35.6 Å². The van der Waals surface area contributed by atoms with Crippen molar-refractivity contribution in [2.45, 2.75) is 90.1 Å². The minimum absolute atomic E-state index is 0.0302. The molecule has 6 rings (SSSR count). The van der Waals surface area contributed by atoms with Crippen LogP contribution in [-0.2, 0) is 23.9 Å². The first-order valence-electron chi connectivity index (χ1n) is 18.9. The second-order valence-corrected chi connectivity index (χ2v) is 15.8. The summed E-state index contributed by atoms with van der Waals surface area (Å²) in [5.41, 5.74) is 6.16. The summed E-state index contributed by atoms with van der Waals surface area (Å²) in [7, 11) is 0. The normalized spacial score (nSPS) is 32.1. The fourth-order valence-electron chi connectivity index (χ4n) is 9.16. The molecule has 15 nitrogen and oxygen atoms in total. The molecule has 1 aromatic rings. The average Bonchev–Trinajstić information content (AvgIpc) is 3.81. The Bertz CT molecular complexity index is 1740. The molecule has 6 N–H and O–H groups in total. The number of carbonyl (C=O) groups is 3. The zero-order valence-corrected chi connectivity index (χ0v) is 31.7. The second-order valence-electron chi connectivity index (χ2n) is 15.8. The van der Waals surface area contributed by atoms with Crippen LogP contribution in [0.4, 0.5) is 5.95 Å². The predicted octanol–water partition coefficient (Wildman–Crippen LogP) is 1.62. The van der Waals surface area contributed by atoms with Crippen LogP contribution < -0.4 is 16.4 Å². The molecule has 0 bridgehead atoms. The van der Waals surface area contributed by atoms with Gasteiger partial charge in [-0.15, -0.1) is 0 Å². The number of rotatable bonds is 13. The first-order valence-corrected chi connectivity index (χ1v) is 18.9. The molecule has 3 fully saturated rings. The number of allylic oxidation sites excluding steroid dienone is 1. The summed E-state index contributed by atoms with van der Waals surface area (Å²) in [6.45, 7) is 14.6. The molecule has 0 spiro atoms. The summed E-state index contributed by atoms with van der Waals surface area (Å²) < 4.78 is 11.2. The van der Waals surface area contributed by atoms with E-state index in [9.17, 15) is 24.6 Å². The molecule has 54 heavy (non-hydrogen) atoms. The van der Waals surface area contributed by atoms with Crippen LogP contribution in [0, 0.1) is 22.7 Å². The van der Waals surface area contributed by atoms with E-state index in [1.807, 2.05) is 13.8 Å². The standard InChI is InChI=1S/C39H54N8O7/c1-22-28(38(4)7-6-33(50)39(5,21-48)32(38)17-29(22)46-24(3)35(51)47-10-12-53-13-11-47)16-30(45-23(2)31(49)18-34-41-8-9-42-34)27-15-26(54-36(27)52)14-25-19-43-37(40)44-20-25/h8,14-15,19-20,23-24,28-30,32-33,45-46,48,50H,1,6-7,9-13,16-18,21H2,2-5H3,(H2,40,43,44)/b26-14+/t23?,24?,28?,29?,30?,32?,33-,38-,39+/m1/s1. The number of cyclic esters (lactones) is 1. The third kappa shape index (κ3) is 8.10. The number of aromatic nitrogens is 2. The number of ether oxygens (including phenoxy) is 2. The van der Waals surface area contributed by atoms with Gasteiger partial charge in [-0.05, 0) is 68.9 Å². The minimum atomic E-state index is -0.833. The van der Waals surface area contributed by atoms with Crippen LogP contribution >= 0.6 is 0 Å². The molecular weight excluding hydrogens is 692 g/mol. The molecule has 1 aromatic heterocycles. The van der Waals surface area contributed by atoms with E-state index in [0.29, 0.717) is 81.3 Å². The maximum Gasteiger partial charge on any atom is 0.341 e. The monoisotopic (exact) mass is 746 g/mol. The average molecular weight is 747 g/mol. The van der Waals surface area contributed by atoms with Crippen molar-refractivity contribution >= 4 is 41.7 Å². The number of aliphatic hydroxyl groups excluding tert-OH is 2. The van der Waals surface area contributed by atoms with Crippen LogP contribution in [0.2, 0.25) is 0 Å². The van der Waals surface area contributed by atoms with Crippen LogP contribution in [0.25, 0.3) is 6.08 Å². The largest absolute Gasteiger partial charge is 0.423 e. The Morgan fingerprint density at radius 1 is 1.19 bits per heavy atom. The number of hydrogen-bond acceptors (Lipinski definition) is 14. The summed E-state index contributed by atoms with van der Waals surface area (Å²) in [4.78, 5) is 59.2. The molecule has 2 aliphatic carbocycles. The summed E-state index contributed by atoms with van der Waals surface area (Å²) >= 11 is 0. The highest BCUT2D eigenvalue weighted by molar-refractivity contribution is 6.07. The highest BCUT2D eigenvalue weighted by atomic mass is 16.5. The van der Waals surface area contributed by atoms with Crippen LogP contribution in [0.5, 0.6) is 0 Å². The van der Waals surface area contributed by atoms with Gasteiger partial charge in [0.2, 0.25) is 11.9 Å². The number of nitrogens with zero attached hydrogens (tertiary/aromatic N) is 5. The van der Waals surface area contributed by atoms with Crippen molar-refractivity contribution in [1.82, 2.24) is 25.5 Å². The Balaban J connectivity index is 1.35. The Morgan fingerprint density at radius 2 is 1.91 bits per heavy atom. The zero-order valence-electron chi connectivity index (χ0n) is 31.7. The van der Waals surface area contributed by atoms with Crippen LogP contribution in [0.15, 0.2) is 51.9 Å². The number of Topliss-reactive ketones (excluding diaryl/α,β-unsaturated/α-hetero) is 1. The molecule has 4 heterocycles.